The van der Waals surface area contributed by atoms with Crippen LogP contribution in [0.25, 0.3) is 0 Å². The van der Waals surface area contributed by atoms with Crippen LogP contribution in [0.1, 0.15) is 11.3 Å². The van der Waals surface area contributed by atoms with Crippen LogP contribution in [0.15, 0.2) is 16.3 Å². The Bertz CT molecular complexity index is 498. The molecule has 0 spiro atoms. The molecule has 5 nitrogen and oxygen atoms in total. The second-order valence-electron chi connectivity index (χ2n) is 4.51. The van der Waals surface area contributed by atoms with E-state index < -0.39 is 10.0 Å². The van der Waals surface area contributed by atoms with Gasteiger partial charge in [-0.15, -0.1) is 11.3 Å². The molecule has 1 saturated heterocycles. The van der Waals surface area contributed by atoms with Crippen molar-refractivity contribution in [2.24, 2.45) is 5.73 Å². The van der Waals surface area contributed by atoms with E-state index in [9.17, 15) is 8.42 Å². The second-order valence-corrected chi connectivity index (χ2v) is 7.45. The van der Waals surface area contributed by atoms with E-state index in [4.69, 9.17) is 5.73 Å². The van der Waals surface area contributed by atoms with Crippen molar-refractivity contribution in [3.63, 3.8) is 0 Å². The predicted octanol–water partition coefficient (Wildman–Crippen LogP) is 0.533. The Hall–Kier alpha value is -0.470. The van der Waals surface area contributed by atoms with Crippen molar-refractivity contribution in [3.05, 3.63) is 16.3 Å². The molecule has 102 valence electrons. The third-order valence-corrected chi connectivity index (χ3v) is 6.13. The fourth-order valence-electron chi connectivity index (χ4n) is 2.02. The summed E-state index contributed by atoms with van der Waals surface area (Å²) >= 11 is 1.40. The number of rotatable bonds is 3. The Morgan fingerprint density at radius 1 is 1.33 bits per heavy atom. The lowest BCUT2D eigenvalue weighted by molar-refractivity contribution is 0.347. The molecular weight excluding hydrogens is 270 g/mol. The van der Waals surface area contributed by atoms with Crippen molar-refractivity contribution in [3.8, 4) is 0 Å². The number of nitrogens with two attached hydrogens (primary N) is 1. The average molecular weight is 289 g/mol. The number of hydrogen-bond acceptors (Lipinski definition) is 5. The molecule has 0 bridgehead atoms. The first-order chi connectivity index (χ1) is 8.54. The van der Waals surface area contributed by atoms with Gasteiger partial charge in [0.1, 0.15) is 0 Å². The van der Waals surface area contributed by atoms with Gasteiger partial charge in [-0.05, 0) is 26.1 Å². The highest BCUT2D eigenvalue weighted by Gasteiger charge is 2.26. The second kappa shape index (κ2) is 5.66. The van der Waals surface area contributed by atoms with E-state index in [-0.39, 0.29) is 0 Å². The third kappa shape index (κ3) is 2.92. The average Bonchev–Trinajstić information content (AvgIpc) is 2.72. The Morgan fingerprint density at radius 2 is 2.11 bits per heavy atom. The van der Waals surface area contributed by atoms with Gasteiger partial charge >= 0.3 is 0 Å². The standard InChI is InChI=1S/C11H19N3O2S2/c1-13-3-2-4-14(6-5-13)18(15,16)11-7-10(8-12)17-9-11/h7,9H,2-6,8,12H2,1H3. The first-order valence-corrected chi connectivity index (χ1v) is 8.32. The Kier molecular flexibility index (Phi) is 4.39. The van der Waals surface area contributed by atoms with Crippen LogP contribution in [0, 0.1) is 0 Å². The van der Waals surface area contributed by atoms with Crippen molar-refractivity contribution in [1.29, 1.82) is 0 Å². The summed E-state index contributed by atoms with van der Waals surface area (Å²) in [5, 5.41) is 1.69. The molecule has 0 aromatic carbocycles. The lowest BCUT2D eigenvalue weighted by atomic mass is 10.4. The highest BCUT2D eigenvalue weighted by atomic mass is 32.2. The van der Waals surface area contributed by atoms with Gasteiger partial charge < -0.3 is 10.6 Å². The van der Waals surface area contributed by atoms with Gasteiger partial charge in [-0.3, -0.25) is 0 Å². The fourth-order valence-corrected chi connectivity index (χ4v) is 4.63. The Morgan fingerprint density at radius 3 is 2.78 bits per heavy atom. The van der Waals surface area contributed by atoms with Crippen molar-refractivity contribution in [2.75, 3.05) is 33.2 Å². The minimum absolute atomic E-state index is 0.387. The molecule has 0 atom stereocenters. The molecule has 0 radical (unpaired) electrons. The van der Waals surface area contributed by atoms with Crippen LogP contribution in [0.2, 0.25) is 0 Å². The van der Waals surface area contributed by atoms with Crippen molar-refractivity contribution >= 4 is 21.4 Å². The van der Waals surface area contributed by atoms with Crippen molar-refractivity contribution in [1.82, 2.24) is 9.21 Å². The molecule has 18 heavy (non-hydrogen) atoms. The molecule has 7 heteroatoms. The summed E-state index contributed by atoms with van der Waals surface area (Å²) in [6, 6.07) is 1.69. The molecule has 1 aromatic rings. The van der Waals surface area contributed by atoms with Crippen LogP contribution < -0.4 is 5.73 Å². The molecule has 1 aliphatic heterocycles. The Balaban J connectivity index is 2.19. The maximum absolute atomic E-state index is 12.4. The van der Waals surface area contributed by atoms with Crippen LogP contribution in [0.3, 0.4) is 0 Å². The SMILES string of the molecule is CN1CCCN(S(=O)(=O)c2csc(CN)c2)CC1. The van der Waals surface area contributed by atoms with Crippen LogP contribution in [0.4, 0.5) is 0 Å². The third-order valence-electron chi connectivity index (χ3n) is 3.15. The fraction of sp³-hybridized carbons (Fsp3) is 0.636. The predicted molar refractivity (Wildman–Crippen MR) is 73.1 cm³/mol. The molecule has 0 aliphatic carbocycles. The maximum atomic E-state index is 12.4. The van der Waals surface area contributed by atoms with Crippen molar-refractivity contribution < 1.29 is 8.42 Å². The number of thiophene rings is 1. The quantitative estimate of drug-likeness (QED) is 0.881. The summed E-state index contributed by atoms with van der Waals surface area (Å²) < 4.78 is 26.5. The van der Waals surface area contributed by atoms with E-state index in [0.717, 1.165) is 24.4 Å². The molecule has 1 fully saturated rings. The zero-order valence-electron chi connectivity index (χ0n) is 10.5. The molecule has 1 aliphatic rings. The first kappa shape index (κ1) is 14.0. The van der Waals surface area contributed by atoms with Gasteiger partial charge in [-0.2, -0.15) is 4.31 Å². The lowest BCUT2D eigenvalue weighted by Gasteiger charge is -2.19. The van der Waals surface area contributed by atoms with Crippen LogP contribution in [-0.2, 0) is 16.6 Å². The maximum Gasteiger partial charge on any atom is 0.243 e. The summed E-state index contributed by atoms with van der Waals surface area (Å²) in [5.74, 6) is 0. The number of likely N-dealkylation sites (N-methyl/N-ethyl adjacent to an activating group) is 1. The topological polar surface area (TPSA) is 66.6 Å². The van der Waals surface area contributed by atoms with Crippen LogP contribution in [-0.4, -0.2) is 50.8 Å². The largest absolute Gasteiger partial charge is 0.326 e. The van der Waals surface area contributed by atoms with Gasteiger partial charge in [-0.1, -0.05) is 0 Å². The normalized spacial score (nSPS) is 19.9. The summed E-state index contributed by atoms with van der Waals surface area (Å²) in [5.41, 5.74) is 5.52. The zero-order valence-corrected chi connectivity index (χ0v) is 12.1. The number of sulfonamides is 1. The van der Waals surface area contributed by atoms with E-state index in [0.29, 0.717) is 24.5 Å². The van der Waals surface area contributed by atoms with Crippen LogP contribution >= 0.6 is 11.3 Å². The molecule has 2 heterocycles. The highest BCUT2D eigenvalue weighted by molar-refractivity contribution is 7.89. The minimum atomic E-state index is -3.34. The summed E-state index contributed by atoms with van der Waals surface area (Å²) in [6.07, 6.45) is 0.879. The lowest BCUT2D eigenvalue weighted by Crippen LogP contribution is -2.34. The van der Waals surface area contributed by atoms with Crippen molar-refractivity contribution in [2.45, 2.75) is 17.9 Å². The van der Waals surface area contributed by atoms with E-state index in [2.05, 4.69) is 4.90 Å². The minimum Gasteiger partial charge on any atom is -0.326 e. The molecule has 1 aromatic heterocycles. The molecule has 0 unspecified atom stereocenters. The molecular formula is C11H19N3O2S2. The van der Waals surface area contributed by atoms with Gasteiger partial charge in [0, 0.05) is 36.4 Å². The van der Waals surface area contributed by atoms with Gasteiger partial charge in [0.15, 0.2) is 0 Å². The summed E-state index contributed by atoms with van der Waals surface area (Å²) in [7, 11) is -1.32. The molecule has 0 amide bonds. The highest BCUT2D eigenvalue weighted by Crippen LogP contribution is 2.23. The van der Waals surface area contributed by atoms with Gasteiger partial charge in [-0.25, -0.2) is 8.42 Å². The summed E-state index contributed by atoms with van der Waals surface area (Å²) in [4.78, 5) is 3.45. The van der Waals surface area contributed by atoms with Gasteiger partial charge in [0.05, 0.1) is 4.90 Å². The molecule has 2 N–H and O–H groups in total. The van der Waals surface area contributed by atoms with E-state index in [1.54, 1.807) is 15.8 Å². The van der Waals surface area contributed by atoms with Gasteiger partial charge in [0.25, 0.3) is 0 Å². The van der Waals surface area contributed by atoms with E-state index >= 15 is 0 Å². The van der Waals surface area contributed by atoms with E-state index in [1.165, 1.54) is 11.3 Å². The number of nitrogens with zero attached hydrogens (tertiary/aromatic N) is 2. The van der Waals surface area contributed by atoms with Gasteiger partial charge in [0.2, 0.25) is 10.0 Å². The zero-order chi connectivity index (χ0) is 13.2. The smallest absolute Gasteiger partial charge is 0.243 e. The van der Waals surface area contributed by atoms with E-state index in [1.807, 2.05) is 7.05 Å². The monoisotopic (exact) mass is 289 g/mol. The number of hydrogen-bond donors (Lipinski definition) is 1. The Labute approximate surface area is 112 Å². The summed E-state index contributed by atoms with van der Waals surface area (Å²) in [6.45, 7) is 3.28. The van der Waals surface area contributed by atoms with Crippen LogP contribution in [0.5, 0.6) is 0 Å². The molecule has 0 saturated carbocycles. The molecule has 2 rings (SSSR count). The first-order valence-electron chi connectivity index (χ1n) is 6.00.